The predicted molar refractivity (Wildman–Crippen MR) is 344 cm³/mol. The predicted octanol–water partition coefficient (Wildman–Crippen LogP) is 8.28. The average molecular weight is 1260 g/mol. The zero-order valence-electron chi connectivity index (χ0n) is 55.5. The molecule has 0 N–H and O–H groups in total. The quantitative estimate of drug-likeness (QED) is 0.0580. The van der Waals surface area contributed by atoms with Crippen LogP contribution in [0.3, 0.4) is 0 Å². The van der Waals surface area contributed by atoms with Crippen molar-refractivity contribution in [2.24, 2.45) is 23.7 Å². The molecule has 1 aliphatic heterocycles. The number of rotatable bonds is 18. The first-order valence-electron chi connectivity index (χ1n) is 31.6. The first-order chi connectivity index (χ1) is 43.7. The zero-order valence-corrected chi connectivity index (χ0v) is 55.5. The number of nitrogens with zero attached hydrogens (tertiary/aromatic N) is 10. The summed E-state index contributed by atoms with van der Waals surface area (Å²) in [6, 6.07) is 17.0. The van der Waals surface area contributed by atoms with Crippen molar-refractivity contribution in [3.8, 4) is 22.3 Å². The molecule has 7 rings (SSSR count). The number of ether oxygens (including phenoxy) is 4. The van der Waals surface area contributed by atoms with Crippen LogP contribution in [0.1, 0.15) is 117 Å². The Morgan fingerprint density at radius 1 is 0.391 bits per heavy atom. The maximum Gasteiger partial charge on any atom is 0.329 e. The van der Waals surface area contributed by atoms with Gasteiger partial charge in [-0.2, -0.15) is 10.2 Å². The summed E-state index contributed by atoms with van der Waals surface area (Å²) >= 11 is 0. The maximum absolute atomic E-state index is 15.2. The number of hydrogen-bond donors (Lipinski definition) is 0. The van der Waals surface area contributed by atoms with Crippen LogP contribution in [0.15, 0.2) is 122 Å². The van der Waals surface area contributed by atoms with Gasteiger partial charge in [0.25, 0.3) is 23.6 Å². The van der Waals surface area contributed by atoms with Gasteiger partial charge in [0, 0.05) is 89.3 Å². The van der Waals surface area contributed by atoms with Gasteiger partial charge >= 0.3 is 23.9 Å². The van der Waals surface area contributed by atoms with E-state index in [1.807, 2.05) is 122 Å². The van der Waals surface area contributed by atoms with Crippen molar-refractivity contribution in [3.63, 3.8) is 0 Å². The molecule has 4 aromatic heterocycles. The highest BCUT2D eigenvalue weighted by molar-refractivity contribution is 5.94. The van der Waals surface area contributed by atoms with E-state index in [4.69, 9.17) is 18.9 Å². The lowest BCUT2D eigenvalue weighted by Gasteiger charge is -2.35. The molecule has 0 saturated carbocycles. The van der Waals surface area contributed by atoms with Crippen LogP contribution in [-0.4, -0.2) is 173 Å². The summed E-state index contributed by atoms with van der Waals surface area (Å²) in [5.74, 6) is -7.62. The SMILES string of the molecule is CC(C)C[C@H]1C(=O)O[C@H](Cc2cccc(Cn3cc(-c4ccncc4)cn3)c2)C(=O)N(C)[C@@H](CC(C)C)C(=O)O[C@H](C)C(=O)N(C)[C@@H](CC(C)C)C(=O)O[C@H](Cc2ccc(Cn3cc(-c4ccncc4)cn3)cc2)C(=O)N(C)[C@@H](CC(C)C)C(=O)O[C@H](C)C(=O)N1C. The third-order valence-corrected chi connectivity index (χ3v) is 16.3. The molecule has 6 aromatic rings. The Kier molecular flexibility index (Phi) is 24.7. The molecule has 1 fully saturated rings. The standard InChI is InChI=1S/C70H90N10O12/c1-43(2)30-57-67(85)89-48(10)64(82)76(12)60(33-46(7)8)70(88)92-62(36-51-16-15-17-52(34-51)40-80-42-56(38-74-80)54-24-28-72-29-25-54)66(84)78(14)58(31-44(3)4)68(86)90-47(9)63(81)75(11)59(32-45(5)6)69(87)91-61(65(83)77(57)13)35-49-18-20-50(21-19-49)39-79-41-55(37-73-79)53-22-26-71-27-23-53/h15-29,34,37-38,41-48,57-62H,30-33,35-36,39-40H2,1-14H3/t47-,48-,57+,58+,59+,60+,61-,62-/m1/s1. The summed E-state index contributed by atoms with van der Waals surface area (Å²) in [4.78, 5) is 132. The van der Waals surface area contributed by atoms with E-state index < -0.39 is 96.1 Å². The Morgan fingerprint density at radius 2 is 0.717 bits per heavy atom. The summed E-state index contributed by atoms with van der Waals surface area (Å²) in [6.07, 6.45) is 7.96. The number of cyclic esters (lactones) is 4. The number of hydrogen-bond acceptors (Lipinski definition) is 16. The highest BCUT2D eigenvalue weighted by Gasteiger charge is 2.43. The first-order valence-corrected chi connectivity index (χ1v) is 31.6. The lowest BCUT2D eigenvalue weighted by atomic mass is 9.99. The number of pyridine rings is 2. The molecule has 0 bridgehead atoms. The Bertz CT molecular complexity index is 3460. The van der Waals surface area contributed by atoms with Gasteiger partial charge < -0.3 is 38.5 Å². The number of amides is 4. The number of likely N-dealkylation sites (N-methyl/N-ethyl adjacent to an activating group) is 4. The van der Waals surface area contributed by atoms with Crippen molar-refractivity contribution in [2.45, 2.75) is 169 Å². The van der Waals surface area contributed by atoms with Crippen molar-refractivity contribution in [1.82, 2.24) is 49.1 Å². The molecule has 0 spiro atoms. The highest BCUT2D eigenvalue weighted by Crippen LogP contribution is 2.26. The van der Waals surface area contributed by atoms with E-state index in [0.29, 0.717) is 24.2 Å². The van der Waals surface area contributed by atoms with E-state index in [0.717, 1.165) is 53.0 Å². The lowest BCUT2D eigenvalue weighted by Crippen LogP contribution is -2.55. The van der Waals surface area contributed by atoms with Crippen LogP contribution in [0, 0.1) is 23.7 Å². The summed E-state index contributed by atoms with van der Waals surface area (Å²) in [5, 5.41) is 9.11. The number of carbonyl (C=O) groups is 8. The van der Waals surface area contributed by atoms with Gasteiger partial charge in [-0.15, -0.1) is 0 Å². The van der Waals surface area contributed by atoms with Gasteiger partial charge in [0.2, 0.25) is 0 Å². The van der Waals surface area contributed by atoms with Crippen LogP contribution < -0.4 is 0 Å². The smallest absolute Gasteiger partial charge is 0.329 e. The summed E-state index contributed by atoms with van der Waals surface area (Å²) < 4.78 is 28.1. The summed E-state index contributed by atoms with van der Waals surface area (Å²) in [7, 11) is 5.57. The first kappa shape index (κ1) is 70.4. The highest BCUT2D eigenvalue weighted by atomic mass is 16.6. The second kappa shape index (κ2) is 32.3. The Morgan fingerprint density at radius 3 is 1.10 bits per heavy atom. The van der Waals surface area contributed by atoms with Gasteiger partial charge in [-0.3, -0.25) is 38.5 Å². The molecule has 0 aliphatic carbocycles. The number of aromatic nitrogens is 6. The number of carbonyl (C=O) groups excluding carboxylic acids is 8. The van der Waals surface area contributed by atoms with Crippen LogP contribution in [-0.2, 0) is 83.2 Å². The second-order valence-electron chi connectivity index (χ2n) is 25.8. The van der Waals surface area contributed by atoms with Gasteiger partial charge in [-0.25, -0.2) is 19.2 Å². The number of esters is 4. The minimum absolute atomic E-state index is 0.0637. The van der Waals surface area contributed by atoms with Crippen molar-refractivity contribution in [1.29, 1.82) is 0 Å². The average Bonchev–Trinajstić information content (AvgIpc) is 1.10. The second-order valence-corrected chi connectivity index (χ2v) is 25.8. The third kappa shape index (κ3) is 19.0. The van der Waals surface area contributed by atoms with Crippen LogP contribution in [0.2, 0.25) is 0 Å². The van der Waals surface area contributed by atoms with Gasteiger partial charge in [-0.1, -0.05) is 104 Å². The van der Waals surface area contributed by atoms with E-state index in [2.05, 4.69) is 20.2 Å². The molecule has 1 aliphatic rings. The van der Waals surface area contributed by atoms with Crippen LogP contribution in [0.4, 0.5) is 0 Å². The molecule has 492 valence electrons. The molecule has 1 saturated heterocycles. The third-order valence-electron chi connectivity index (χ3n) is 16.3. The normalized spacial score (nSPS) is 21.7. The van der Waals surface area contributed by atoms with Crippen molar-refractivity contribution < 1.29 is 57.3 Å². The summed E-state index contributed by atoms with van der Waals surface area (Å²) in [6.45, 7) is 18.3. The van der Waals surface area contributed by atoms with Gasteiger partial charge in [0.1, 0.15) is 24.2 Å². The lowest BCUT2D eigenvalue weighted by molar-refractivity contribution is -0.176. The maximum atomic E-state index is 15.2. The molecule has 92 heavy (non-hydrogen) atoms. The monoisotopic (exact) mass is 1260 g/mol. The molecular formula is C70H90N10O12. The van der Waals surface area contributed by atoms with E-state index in [1.54, 1.807) is 64.7 Å². The van der Waals surface area contributed by atoms with Gasteiger partial charge in [-0.05, 0) is 121 Å². The molecular weight excluding hydrogens is 1170 g/mol. The molecule has 5 heterocycles. The van der Waals surface area contributed by atoms with E-state index in [1.165, 1.54) is 42.0 Å². The van der Waals surface area contributed by atoms with Crippen LogP contribution in [0.25, 0.3) is 22.3 Å². The fourth-order valence-electron chi connectivity index (χ4n) is 11.2. The Labute approximate surface area is 539 Å². The van der Waals surface area contributed by atoms with E-state index >= 15 is 9.59 Å². The molecule has 0 unspecified atom stereocenters. The van der Waals surface area contributed by atoms with Gasteiger partial charge in [0.15, 0.2) is 24.4 Å². The van der Waals surface area contributed by atoms with E-state index in [9.17, 15) is 28.8 Å². The molecule has 22 nitrogen and oxygen atoms in total. The molecule has 2 aromatic carbocycles. The number of benzene rings is 2. The van der Waals surface area contributed by atoms with Gasteiger partial charge in [0.05, 0.1) is 25.5 Å². The molecule has 22 heteroatoms. The zero-order chi connectivity index (χ0) is 67.1. The van der Waals surface area contributed by atoms with Crippen molar-refractivity contribution >= 4 is 47.5 Å². The van der Waals surface area contributed by atoms with Crippen LogP contribution >= 0.6 is 0 Å². The fourth-order valence-corrected chi connectivity index (χ4v) is 11.2. The minimum atomic E-state index is -1.58. The Balaban J connectivity index is 1.24. The molecule has 4 amide bonds. The topological polar surface area (TPSA) is 248 Å². The Hall–Kier alpha value is -9.08. The van der Waals surface area contributed by atoms with Crippen molar-refractivity contribution in [3.05, 3.63) is 145 Å². The minimum Gasteiger partial charge on any atom is -0.451 e. The molecule has 0 radical (unpaired) electrons. The van der Waals surface area contributed by atoms with Crippen LogP contribution in [0.5, 0.6) is 0 Å². The summed E-state index contributed by atoms with van der Waals surface area (Å²) in [5.41, 5.74) is 6.61. The largest absolute Gasteiger partial charge is 0.451 e. The van der Waals surface area contributed by atoms with Crippen molar-refractivity contribution in [2.75, 3.05) is 28.2 Å². The molecule has 8 atom stereocenters. The fraction of sp³-hybridized carbons (Fsp3) is 0.486. The van der Waals surface area contributed by atoms with E-state index in [-0.39, 0.29) is 62.2 Å².